The van der Waals surface area contributed by atoms with Gasteiger partial charge in [0, 0.05) is 37.5 Å². The second kappa shape index (κ2) is 6.24. The topological polar surface area (TPSA) is 32.3 Å². The summed E-state index contributed by atoms with van der Waals surface area (Å²) in [4.78, 5) is 13.5. The highest BCUT2D eigenvalue weighted by Crippen LogP contribution is 2.30. The van der Waals surface area contributed by atoms with Crippen molar-refractivity contribution in [2.24, 2.45) is 0 Å². The average molecular weight is 268 g/mol. The first kappa shape index (κ1) is 14.1. The van der Waals surface area contributed by atoms with Gasteiger partial charge in [0.1, 0.15) is 0 Å². The molecule has 104 valence electrons. The molecule has 0 aliphatic rings. The molecule has 0 bridgehead atoms. The number of carbonyl (C=O) groups excluding carboxylic acids is 1. The minimum Gasteiger partial charge on any atom is -0.377 e. The molecule has 0 spiro atoms. The van der Waals surface area contributed by atoms with E-state index in [-0.39, 0.29) is 5.91 Å². The zero-order valence-corrected chi connectivity index (χ0v) is 12.2. The number of hydrogen-bond acceptors (Lipinski definition) is 2. The molecule has 0 saturated carbocycles. The molecule has 0 fully saturated rings. The van der Waals surface area contributed by atoms with Gasteiger partial charge in [-0.1, -0.05) is 37.3 Å². The van der Waals surface area contributed by atoms with E-state index in [0.717, 1.165) is 11.3 Å². The van der Waals surface area contributed by atoms with E-state index in [1.54, 1.807) is 0 Å². The van der Waals surface area contributed by atoms with Crippen LogP contribution in [0.5, 0.6) is 0 Å². The first-order valence-electron chi connectivity index (χ1n) is 6.78. The van der Waals surface area contributed by atoms with Crippen molar-refractivity contribution >= 4 is 17.3 Å². The maximum absolute atomic E-state index is 11.4. The molecule has 2 rings (SSSR count). The van der Waals surface area contributed by atoms with Gasteiger partial charge in [-0.3, -0.25) is 4.79 Å². The Kier molecular flexibility index (Phi) is 4.41. The molecule has 3 nitrogen and oxygen atoms in total. The molecule has 0 unspecified atom stereocenters. The summed E-state index contributed by atoms with van der Waals surface area (Å²) in [5, 5.41) is 2.86. The van der Waals surface area contributed by atoms with Gasteiger partial charge in [-0.15, -0.1) is 0 Å². The molecule has 0 aromatic heterocycles. The van der Waals surface area contributed by atoms with Gasteiger partial charge in [0.2, 0.25) is 5.91 Å². The van der Waals surface area contributed by atoms with Crippen LogP contribution in [0, 0.1) is 0 Å². The first-order chi connectivity index (χ1) is 9.61. The fraction of sp³-hybridized carbons (Fsp3) is 0.235. The van der Waals surface area contributed by atoms with Crippen LogP contribution in [0.2, 0.25) is 0 Å². The summed E-state index contributed by atoms with van der Waals surface area (Å²) < 4.78 is 0. The number of rotatable bonds is 4. The van der Waals surface area contributed by atoms with Crippen molar-refractivity contribution in [3.05, 3.63) is 48.5 Å². The number of benzene rings is 2. The minimum atomic E-state index is 0.0337. The molecule has 2 aromatic rings. The molecule has 20 heavy (non-hydrogen) atoms. The predicted octanol–water partition coefficient (Wildman–Crippen LogP) is 3.77. The van der Waals surface area contributed by atoms with Crippen molar-refractivity contribution in [3.63, 3.8) is 0 Å². The van der Waals surface area contributed by atoms with Gasteiger partial charge in [-0.2, -0.15) is 0 Å². The van der Waals surface area contributed by atoms with Gasteiger partial charge in [0.05, 0.1) is 0 Å². The second-order valence-corrected chi connectivity index (χ2v) is 4.89. The number of hydrogen-bond donors (Lipinski definition) is 1. The van der Waals surface area contributed by atoms with Gasteiger partial charge < -0.3 is 10.2 Å². The fourth-order valence-corrected chi connectivity index (χ4v) is 2.09. The summed E-state index contributed by atoms with van der Waals surface area (Å²) in [6.07, 6.45) is 0.491. The van der Waals surface area contributed by atoms with Gasteiger partial charge in [-0.25, -0.2) is 0 Å². The zero-order chi connectivity index (χ0) is 14.5. The summed E-state index contributed by atoms with van der Waals surface area (Å²) in [5.41, 5.74) is 4.34. The van der Waals surface area contributed by atoms with Crippen molar-refractivity contribution in [1.29, 1.82) is 0 Å². The Morgan fingerprint density at radius 1 is 1.05 bits per heavy atom. The normalized spacial score (nSPS) is 10.2. The Balaban J connectivity index is 2.28. The van der Waals surface area contributed by atoms with Crippen LogP contribution >= 0.6 is 0 Å². The quantitative estimate of drug-likeness (QED) is 0.915. The third kappa shape index (κ3) is 3.18. The molecule has 1 N–H and O–H groups in total. The van der Waals surface area contributed by atoms with Crippen LogP contribution in [0.15, 0.2) is 48.5 Å². The lowest BCUT2D eigenvalue weighted by molar-refractivity contribution is -0.115. The summed E-state index contributed by atoms with van der Waals surface area (Å²) in [5.74, 6) is 0.0337. The smallest absolute Gasteiger partial charge is 0.224 e. The Morgan fingerprint density at radius 2 is 1.70 bits per heavy atom. The predicted molar refractivity (Wildman–Crippen MR) is 85.1 cm³/mol. The van der Waals surface area contributed by atoms with Crippen molar-refractivity contribution in [1.82, 2.24) is 0 Å². The highest BCUT2D eigenvalue weighted by Gasteiger charge is 2.06. The van der Waals surface area contributed by atoms with Crippen LogP contribution in [-0.4, -0.2) is 20.0 Å². The van der Waals surface area contributed by atoms with E-state index < -0.39 is 0 Å². The lowest BCUT2D eigenvalue weighted by atomic mass is 10.0. The van der Waals surface area contributed by atoms with Crippen LogP contribution < -0.4 is 10.2 Å². The first-order valence-corrected chi connectivity index (χ1v) is 6.78. The second-order valence-electron chi connectivity index (χ2n) is 4.89. The largest absolute Gasteiger partial charge is 0.377 e. The monoisotopic (exact) mass is 268 g/mol. The van der Waals surface area contributed by atoms with Crippen LogP contribution in [0.25, 0.3) is 11.1 Å². The molecule has 3 heteroatoms. The lowest BCUT2D eigenvalue weighted by Crippen LogP contribution is -2.10. The van der Waals surface area contributed by atoms with Crippen molar-refractivity contribution in [3.8, 4) is 11.1 Å². The Bertz CT molecular complexity index is 588. The third-order valence-corrected chi connectivity index (χ3v) is 3.19. The van der Waals surface area contributed by atoms with Crippen LogP contribution in [0.1, 0.15) is 13.3 Å². The summed E-state index contributed by atoms with van der Waals surface area (Å²) in [6.45, 7) is 1.84. The summed E-state index contributed by atoms with van der Waals surface area (Å²) in [6, 6.07) is 16.2. The van der Waals surface area contributed by atoms with E-state index in [4.69, 9.17) is 0 Å². The van der Waals surface area contributed by atoms with E-state index in [9.17, 15) is 4.79 Å². The van der Waals surface area contributed by atoms with Gasteiger partial charge in [-0.05, 0) is 23.8 Å². The molecule has 0 saturated heterocycles. The number of nitrogens with one attached hydrogen (secondary N) is 1. The van der Waals surface area contributed by atoms with E-state index in [2.05, 4.69) is 22.3 Å². The molecule has 0 aliphatic carbocycles. The van der Waals surface area contributed by atoms with Crippen LogP contribution in [-0.2, 0) is 4.79 Å². The SMILES string of the molecule is CCC(=O)Nc1ccc(-c2ccccc2N(C)C)cc1. The lowest BCUT2D eigenvalue weighted by Gasteiger charge is -2.17. The molecule has 0 aliphatic heterocycles. The standard InChI is InChI=1S/C17H20N2O/c1-4-17(20)18-14-11-9-13(10-12-14)15-7-5-6-8-16(15)19(2)3/h5-12H,4H2,1-3H3,(H,18,20). The van der Waals surface area contributed by atoms with Gasteiger partial charge >= 0.3 is 0 Å². The van der Waals surface area contributed by atoms with Crippen molar-refractivity contribution in [2.45, 2.75) is 13.3 Å². The van der Waals surface area contributed by atoms with E-state index >= 15 is 0 Å². The number of amides is 1. The van der Waals surface area contributed by atoms with E-state index in [0.29, 0.717) is 6.42 Å². The van der Waals surface area contributed by atoms with E-state index in [1.807, 2.05) is 57.4 Å². The highest BCUT2D eigenvalue weighted by molar-refractivity contribution is 5.91. The van der Waals surface area contributed by atoms with Crippen LogP contribution in [0.3, 0.4) is 0 Å². The third-order valence-electron chi connectivity index (χ3n) is 3.19. The number of anilines is 2. The molecule has 0 atom stereocenters. The Morgan fingerprint density at radius 3 is 2.30 bits per heavy atom. The van der Waals surface area contributed by atoms with E-state index in [1.165, 1.54) is 11.3 Å². The molecular formula is C17H20N2O. The van der Waals surface area contributed by atoms with Gasteiger partial charge in [0.15, 0.2) is 0 Å². The maximum Gasteiger partial charge on any atom is 0.224 e. The molecule has 2 aromatic carbocycles. The Hall–Kier alpha value is -2.29. The zero-order valence-electron chi connectivity index (χ0n) is 12.2. The highest BCUT2D eigenvalue weighted by atomic mass is 16.1. The number of nitrogens with zero attached hydrogens (tertiary/aromatic N) is 1. The minimum absolute atomic E-state index is 0.0337. The Labute approximate surface area is 120 Å². The number of carbonyl (C=O) groups is 1. The van der Waals surface area contributed by atoms with Gasteiger partial charge in [0.25, 0.3) is 0 Å². The molecule has 0 radical (unpaired) electrons. The molecular weight excluding hydrogens is 248 g/mol. The molecule has 1 amide bonds. The molecule has 0 heterocycles. The van der Waals surface area contributed by atoms with Crippen LogP contribution in [0.4, 0.5) is 11.4 Å². The average Bonchev–Trinajstić information content (AvgIpc) is 2.48. The summed E-state index contributed by atoms with van der Waals surface area (Å²) >= 11 is 0. The number of para-hydroxylation sites is 1. The van der Waals surface area contributed by atoms with Crippen molar-refractivity contribution < 1.29 is 4.79 Å². The van der Waals surface area contributed by atoms with Crippen molar-refractivity contribution in [2.75, 3.05) is 24.3 Å². The summed E-state index contributed by atoms with van der Waals surface area (Å²) in [7, 11) is 4.07. The fourth-order valence-electron chi connectivity index (χ4n) is 2.09. The maximum atomic E-state index is 11.4.